The molecule has 1 atom stereocenters. The molecule has 2 rings (SSSR count). The molecule has 1 saturated heterocycles. The summed E-state index contributed by atoms with van der Waals surface area (Å²) in [6.45, 7) is 7.88. The van der Waals surface area contributed by atoms with E-state index in [1.807, 2.05) is 32.9 Å². The molecule has 6 heteroatoms. The molecule has 1 fully saturated rings. The van der Waals surface area contributed by atoms with E-state index >= 15 is 0 Å². The average Bonchev–Trinajstić information content (AvgIpc) is 2.76. The second kappa shape index (κ2) is 7.03. The minimum absolute atomic E-state index is 0.0185. The van der Waals surface area contributed by atoms with Crippen LogP contribution < -0.4 is 5.32 Å². The van der Waals surface area contributed by atoms with E-state index in [1.165, 1.54) is 6.92 Å². The highest BCUT2D eigenvalue weighted by molar-refractivity contribution is 5.89. The Kier molecular flexibility index (Phi) is 5.26. The summed E-state index contributed by atoms with van der Waals surface area (Å²) in [6.07, 6.45) is 0.329. The fourth-order valence-corrected chi connectivity index (χ4v) is 2.61. The molecule has 0 spiro atoms. The minimum Gasteiger partial charge on any atom is -0.456 e. The summed E-state index contributed by atoms with van der Waals surface area (Å²) < 4.78 is 5.32. The van der Waals surface area contributed by atoms with Gasteiger partial charge in [0, 0.05) is 26.4 Å². The second-order valence-electron chi connectivity index (χ2n) is 7.07. The van der Waals surface area contributed by atoms with Gasteiger partial charge < -0.3 is 15.0 Å². The molecule has 1 unspecified atom stereocenters. The van der Waals surface area contributed by atoms with E-state index in [2.05, 4.69) is 5.32 Å². The van der Waals surface area contributed by atoms with Gasteiger partial charge in [-0.15, -0.1) is 0 Å². The van der Waals surface area contributed by atoms with E-state index < -0.39 is 5.60 Å². The Morgan fingerprint density at radius 2 is 1.88 bits per heavy atom. The van der Waals surface area contributed by atoms with E-state index in [-0.39, 0.29) is 23.8 Å². The van der Waals surface area contributed by atoms with E-state index in [9.17, 15) is 14.4 Å². The topological polar surface area (TPSA) is 75.7 Å². The fraction of sp³-hybridized carbons (Fsp3) is 0.500. The molecule has 130 valence electrons. The van der Waals surface area contributed by atoms with Crippen molar-refractivity contribution in [3.63, 3.8) is 0 Å². The normalized spacial score (nSPS) is 17.8. The number of ether oxygens (including phenoxy) is 1. The van der Waals surface area contributed by atoms with Crippen LogP contribution in [0.4, 0.5) is 0 Å². The number of hydrogen-bond donors (Lipinski definition) is 1. The van der Waals surface area contributed by atoms with Crippen molar-refractivity contribution in [2.24, 2.45) is 0 Å². The molecule has 1 aliphatic heterocycles. The number of nitrogens with zero attached hydrogens (tertiary/aromatic N) is 1. The largest absolute Gasteiger partial charge is 0.456 e. The van der Waals surface area contributed by atoms with E-state index in [0.717, 1.165) is 5.56 Å². The van der Waals surface area contributed by atoms with Crippen LogP contribution in [0.1, 0.15) is 50.0 Å². The third-order valence-electron chi connectivity index (χ3n) is 3.58. The molecule has 0 aromatic heterocycles. The predicted molar refractivity (Wildman–Crippen MR) is 89.2 cm³/mol. The molecule has 1 aromatic carbocycles. The summed E-state index contributed by atoms with van der Waals surface area (Å²) in [4.78, 5) is 36.8. The lowest BCUT2D eigenvalue weighted by molar-refractivity contribution is -0.128. The number of carbonyl (C=O) groups excluding carboxylic acids is 3. The number of benzene rings is 1. The van der Waals surface area contributed by atoms with Crippen LogP contribution in [0.15, 0.2) is 24.3 Å². The molecular formula is C18H24N2O4. The molecule has 0 radical (unpaired) electrons. The first kappa shape index (κ1) is 18.0. The molecule has 0 bridgehead atoms. The van der Waals surface area contributed by atoms with Gasteiger partial charge in [0.2, 0.25) is 11.8 Å². The number of amides is 2. The Labute approximate surface area is 142 Å². The third kappa shape index (κ3) is 5.08. The second-order valence-corrected chi connectivity index (χ2v) is 7.07. The first-order chi connectivity index (χ1) is 11.1. The zero-order chi connectivity index (χ0) is 17.9. The van der Waals surface area contributed by atoms with Crippen LogP contribution in [-0.2, 0) is 20.9 Å². The Morgan fingerprint density at radius 1 is 1.25 bits per heavy atom. The zero-order valence-corrected chi connectivity index (χ0v) is 14.6. The number of rotatable bonds is 4. The molecule has 2 amide bonds. The molecule has 0 saturated carbocycles. The van der Waals surface area contributed by atoms with Crippen LogP contribution in [0, 0.1) is 0 Å². The maximum Gasteiger partial charge on any atom is 0.338 e. The van der Waals surface area contributed by atoms with Crippen LogP contribution in [0.2, 0.25) is 0 Å². The molecule has 0 aliphatic carbocycles. The van der Waals surface area contributed by atoms with Crippen molar-refractivity contribution in [2.45, 2.75) is 52.3 Å². The van der Waals surface area contributed by atoms with Gasteiger partial charge in [-0.05, 0) is 38.5 Å². The Bertz CT molecular complexity index is 631. The molecular weight excluding hydrogens is 308 g/mol. The Morgan fingerprint density at radius 3 is 2.42 bits per heavy atom. The van der Waals surface area contributed by atoms with Gasteiger partial charge in [0.05, 0.1) is 11.6 Å². The van der Waals surface area contributed by atoms with Gasteiger partial charge >= 0.3 is 5.97 Å². The van der Waals surface area contributed by atoms with Crippen LogP contribution in [-0.4, -0.2) is 40.9 Å². The molecule has 6 nitrogen and oxygen atoms in total. The fourth-order valence-electron chi connectivity index (χ4n) is 2.61. The lowest BCUT2D eigenvalue weighted by Crippen LogP contribution is -2.35. The minimum atomic E-state index is -0.531. The number of hydrogen-bond acceptors (Lipinski definition) is 4. The summed E-state index contributed by atoms with van der Waals surface area (Å²) in [5, 5.41) is 2.77. The van der Waals surface area contributed by atoms with Crippen molar-refractivity contribution >= 4 is 17.8 Å². The van der Waals surface area contributed by atoms with Gasteiger partial charge in [-0.1, -0.05) is 12.1 Å². The quantitative estimate of drug-likeness (QED) is 0.854. The lowest BCUT2D eigenvalue weighted by Gasteiger charge is -2.20. The van der Waals surface area contributed by atoms with Crippen molar-refractivity contribution in [1.29, 1.82) is 0 Å². The first-order valence-corrected chi connectivity index (χ1v) is 8.01. The van der Waals surface area contributed by atoms with Crippen molar-refractivity contribution < 1.29 is 19.1 Å². The Hall–Kier alpha value is -2.37. The predicted octanol–water partition coefficient (Wildman–Crippen LogP) is 1.88. The van der Waals surface area contributed by atoms with Crippen LogP contribution in [0.3, 0.4) is 0 Å². The SMILES string of the molecule is CC(=O)NC1CC(=O)N(Cc2ccc(C(=O)OC(C)(C)C)cc2)C1. The highest BCUT2D eigenvalue weighted by Gasteiger charge is 2.29. The van der Waals surface area contributed by atoms with Crippen molar-refractivity contribution in [3.05, 3.63) is 35.4 Å². The lowest BCUT2D eigenvalue weighted by atomic mass is 10.1. The monoisotopic (exact) mass is 332 g/mol. The van der Waals surface area contributed by atoms with Gasteiger partial charge in [0.15, 0.2) is 0 Å². The third-order valence-corrected chi connectivity index (χ3v) is 3.58. The van der Waals surface area contributed by atoms with Gasteiger partial charge in [-0.25, -0.2) is 4.79 Å². The highest BCUT2D eigenvalue weighted by atomic mass is 16.6. The van der Waals surface area contributed by atoms with E-state index in [4.69, 9.17) is 4.74 Å². The number of likely N-dealkylation sites (tertiary alicyclic amines) is 1. The van der Waals surface area contributed by atoms with Gasteiger partial charge in [0.25, 0.3) is 0 Å². The highest BCUT2D eigenvalue weighted by Crippen LogP contribution is 2.17. The summed E-state index contributed by atoms with van der Waals surface area (Å²) in [7, 11) is 0. The van der Waals surface area contributed by atoms with Gasteiger partial charge in [0.1, 0.15) is 5.60 Å². The standard InChI is InChI=1S/C18H24N2O4/c1-12(21)19-15-9-16(22)20(11-15)10-13-5-7-14(8-6-13)17(23)24-18(2,3)4/h5-8,15H,9-11H2,1-4H3,(H,19,21). The number of carbonyl (C=O) groups is 3. The first-order valence-electron chi connectivity index (χ1n) is 8.01. The summed E-state index contributed by atoms with van der Waals surface area (Å²) in [5.41, 5.74) is 0.882. The Balaban J connectivity index is 1.96. The molecule has 1 heterocycles. The van der Waals surface area contributed by atoms with Gasteiger partial charge in [-0.2, -0.15) is 0 Å². The molecule has 24 heavy (non-hydrogen) atoms. The summed E-state index contributed by atoms with van der Waals surface area (Å²) in [5.74, 6) is -0.474. The number of nitrogens with one attached hydrogen (secondary N) is 1. The smallest absolute Gasteiger partial charge is 0.338 e. The van der Waals surface area contributed by atoms with E-state index in [1.54, 1.807) is 17.0 Å². The zero-order valence-electron chi connectivity index (χ0n) is 14.6. The van der Waals surface area contributed by atoms with E-state index in [0.29, 0.717) is 25.1 Å². The van der Waals surface area contributed by atoms with Crippen LogP contribution in [0.25, 0.3) is 0 Å². The van der Waals surface area contributed by atoms with Crippen molar-refractivity contribution in [2.75, 3.05) is 6.54 Å². The summed E-state index contributed by atoms with van der Waals surface area (Å²) >= 11 is 0. The maximum absolute atomic E-state index is 12.0. The van der Waals surface area contributed by atoms with Crippen LogP contribution >= 0.6 is 0 Å². The van der Waals surface area contributed by atoms with Gasteiger partial charge in [-0.3, -0.25) is 9.59 Å². The maximum atomic E-state index is 12.0. The molecule has 1 aromatic rings. The molecule has 1 N–H and O–H groups in total. The van der Waals surface area contributed by atoms with Crippen LogP contribution in [0.5, 0.6) is 0 Å². The number of esters is 1. The molecule has 1 aliphatic rings. The van der Waals surface area contributed by atoms with Crippen molar-refractivity contribution in [1.82, 2.24) is 10.2 Å². The van der Waals surface area contributed by atoms with Crippen molar-refractivity contribution in [3.8, 4) is 0 Å². The summed E-state index contributed by atoms with van der Waals surface area (Å²) in [6, 6.07) is 6.91. The average molecular weight is 332 g/mol.